The molecule has 0 aliphatic carbocycles. The summed E-state index contributed by atoms with van der Waals surface area (Å²) in [7, 11) is 0. The van der Waals surface area contributed by atoms with Crippen LogP contribution in [0.5, 0.6) is 0 Å². The summed E-state index contributed by atoms with van der Waals surface area (Å²) in [5.74, 6) is 0. The lowest BCUT2D eigenvalue weighted by atomic mass is 10.1. The van der Waals surface area contributed by atoms with Gasteiger partial charge in [0.1, 0.15) is 0 Å². The molecule has 2 aromatic rings. The Morgan fingerprint density at radius 2 is 2.10 bits per heavy atom. The van der Waals surface area contributed by atoms with Crippen molar-refractivity contribution in [1.29, 1.82) is 0 Å². The molecule has 0 aliphatic heterocycles. The summed E-state index contributed by atoms with van der Waals surface area (Å²) in [5, 5.41) is 7.41. The lowest BCUT2D eigenvalue weighted by Crippen LogP contribution is -2.18. The van der Waals surface area contributed by atoms with E-state index in [-0.39, 0.29) is 10.9 Å². The van der Waals surface area contributed by atoms with E-state index in [0.29, 0.717) is 18.2 Å². The third-order valence-electron chi connectivity index (χ3n) is 3.08. The van der Waals surface area contributed by atoms with Crippen molar-refractivity contribution >= 4 is 11.8 Å². The predicted octanol–water partition coefficient (Wildman–Crippen LogP) is 2.08. The van der Waals surface area contributed by atoms with E-state index in [1.165, 1.54) is 17.3 Å². The molecule has 6 heteroatoms. The summed E-state index contributed by atoms with van der Waals surface area (Å²) in [6.07, 6.45) is 0.894. The van der Waals surface area contributed by atoms with Gasteiger partial charge < -0.3 is 5.73 Å². The zero-order chi connectivity index (χ0) is 14.5. The summed E-state index contributed by atoms with van der Waals surface area (Å²) in [6.45, 7) is 5.26. The van der Waals surface area contributed by atoms with Gasteiger partial charge in [-0.15, -0.1) is 5.10 Å². The highest BCUT2D eigenvalue weighted by Crippen LogP contribution is 2.32. The number of aromatic nitrogens is 3. The number of nitrogens with two attached hydrogens (primary N) is 1. The van der Waals surface area contributed by atoms with Crippen molar-refractivity contribution in [2.24, 2.45) is 5.73 Å². The third kappa shape index (κ3) is 3.32. The number of benzene rings is 1. The number of H-pyrrole nitrogens is 1. The molecule has 1 aromatic heterocycles. The number of nitrogens with one attached hydrogen (secondary N) is 1. The van der Waals surface area contributed by atoms with Crippen molar-refractivity contribution in [1.82, 2.24) is 14.8 Å². The first-order valence-electron chi connectivity index (χ1n) is 6.74. The topological polar surface area (TPSA) is 76.7 Å². The van der Waals surface area contributed by atoms with Crippen LogP contribution in [0.4, 0.5) is 0 Å². The Morgan fingerprint density at radius 1 is 1.40 bits per heavy atom. The summed E-state index contributed by atoms with van der Waals surface area (Å²) in [4.78, 5) is 11.7. The van der Waals surface area contributed by atoms with Gasteiger partial charge in [0.15, 0.2) is 5.16 Å². The van der Waals surface area contributed by atoms with Crippen LogP contribution in [0.25, 0.3) is 0 Å². The maximum absolute atomic E-state index is 11.7. The Hall–Kier alpha value is -1.53. The van der Waals surface area contributed by atoms with Gasteiger partial charge in [-0.3, -0.25) is 4.57 Å². The monoisotopic (exact) mass is 292 g/mol. The molecule has 0 fully saturated rings. The highest BCUT2D eigenvalue weighted by atomic mass is 32.2. The molecule has 108 valence electrons. The fourth-order valence-electron chi connectivity index (χ4n) is 1.97. The normalized spacial score (nSPS) is 12.6. The standard InChI is InChI=1S/C14H20N4OS/c1-3-8-18-13(19)16-17-14(18)20-12(9-15)11-6-4-10(2)5-7-11/h4-7,12H,3,8-9,15H2,1-2H3,(H,16,19). The maximum Gasteiger partial charge on any atom is 0.343 e. The Kier molecular flexibility index (Phi) is 5.03. The molecule has 0 bridgehead atoms. The number of hydrogen-bond acceptors (Lipinski definition) is 4. The van der Waals surface area contributed by atoms with Gasteiger partial charge in [-0.05, 0) is 18.9 Å². The van der Waals surface area contributed by atoms with Crippen LogP contribution in [0.15, 0.2) is 34.2 Å². The Morgan fingerprint density at radius 3 is 2.70 bits per heavy atom. The average Bonchev–Trinajstić information content (AvgIpc) is 2.79. The number of aromatic amines is 1. The van der Waals surface area contributed by atoms with E-state index >= 15 is 0 Å². The highest BCUT2D eigenvalue weighted by molar-refractivity contribution is 7.99. The Balaban J connectivity index is 2.22. The lowest BCUT2D eigenvalue weighted by Gasteiger charge is -2.14. The molecule has 0 aliphatic rings. The fourth-order valence-corrected chi connectivity index (χ4v) is 3.02. The van der Waals surface area contributed by atoms with Crippen LogP contribution in [0, 0.1) is 6.92 Å². The van der Waals surface area contributed by atoms with E-state index in [1.807, 2.05) is 6.92 Å². The molecule has 0 radical (unpaired) electrons. The van der Waals surface area contributed by atoms with Gasteiger partial charge >= 0.3 is 5.69 Å². The minimum atomic E-state index is -0.158. The smallest absolute Gasteiger partial charge is 0.329 e. The van der Waals surface area contributed by atoms with Gasteiger partial charge in [0.05, 0.1) is 0 Å². The number of hydrogen-bond donors (Lipinski definition) is 2. The van der Waals surface area contributed by atoms with Gasteiger partial charge in [-0.2, -0.15) is 0 Å². The SMILES string of the molecule is CCCn1c(SC(CN)c2ccc(C)cc2)n[nH]c1=O. The minimum Gasteiger partial charge on any atom is -0.329 e. The number of rotatable bonds is 6. The molecule has 0 saturated heterocycles. The zero-order valence-corrected chi connectivity index (χ0v) is 12.6. The molecule has 0 spiro atoms. The lowest BCUT2D eigenvalue weighted by molar-refractivity contribution is 0.602. The quantitative estimate of drug-likeness (QED) is 0.799. The van der Waals surface area contributed by atoms with Gasteiger partial charge in [-0.1, -0.05) is 48.5 Å². The zero-order valence-electron chi connectivity index (χ0n) is 11.8. The van der Waals surface area contributed by atoms with Crippen molar-refractivity contribution in [3.63, 3.8) is 0 Å². The van der Waals surface area contributed by atoms with Crippen LogP contribution < -0.4 is 11.4 Å². The largest absolute Gasteiger partial charge is 0.343 e. The van der Waals surface area contributed by atoms with Gasteiger partial charge in [-0.25, -0.2) is 9.89 Å². The molecule has 1 atom stereocenters. The number of thioether (sulfide) groups is 1. The van der Waals surface area contributed by atoms with Gasteiger partial charge in [0.2, 0.25) is 0 Å². The van der Waals surface area contributed by atoms with Crippen molar-refractivity contribution in [3.8, 4) is 0 Å². The van der Waals surface area contributed by atoms with Crippen LogP contribution >= 0.6 is 11.8 Å². The highest BCUT2D eigenvalue weighted by Gasteiger charge is 2.16. The van der Waals surface area contributed by atoms with E-state index in [9.17, 15) is 4.79 Å². The number of aryl methyl sites for hydroxylation is 1. The second kappa shape index (κ2) is 6.76. The summed E-state index contributed by atoms with van der Waals surface area (Å²) in [5.41, 5.74) is 8.09. The van der Waals surface area contributed by atoms with E-state index < -0.39 is 0 Å². The van der Waals surface area contributed by atoms with Crippen molar-refractivity contribution in [3.05, 3.63) is 45.9 Å². The van der Waals surface area contributed by atoms with Crippen LogP contribution in [-0.2, 0) is 6.54 Å². The molecule has 0 amide bonds. The van der Waals surface area contributed by atoms with Crippen LogP contribution in [0.1, 0.15) is 29.7 Å². The summed E-state index contributed by atoms with van der Waals surface area (Å²) in [6, 6.07) is 8.30. The molecule has 3 N–H and O–H groups in total. The van der Waals surface area contributed by atoms with Crippen LogP contribution in [0.2, 0.25) is 0 Å². The van der Waals surface area contributed by atoms with E-state index in [0.717, 1.165) is 12.0 Å². The van der Waals surface area contributed by atoms with Gasteiger partial charge in [0, 0.05) is 18.3 Å². The first-order chi connectivity index (χ1) is 9.65. The molecule has 1 aromatic carbocycles. The summed E-state index contributed by atoms with van der Waals surface area (Å²) >= 11 is 1.53. The molecular formula is C14H20N4OS. The van der Waals surface area contributed by atoms with Gasteiger partial charge in [0.25, 0.3) is 0 Å². The molecule has 20 heavy (non-hydrogen) atoms. The predicted molar refractivity (Wildman–Crippen MR) is 82.0 cm³/mol. The number of nitrogens with zero attached hydrogens (tertiary/aromatic N) is 2. The first-order valence-corrected chi connectivity index (χ1v) is 7.62. The Bertz CT molecular complexity index is 602. The second-order valence-electron chi connectivity index (χ2n) is 4.72. The van der Waals surface area contributed by atoms with Crippen molar-refractivity contribution in [2.45, 2.75) is 37.2 Å². The third-order valence-corrected chi connectivity index (χ3v) is 4.35. The molecule has 1 unspecified atom stereocenters. The molecule has 1 heterocycles. The van der Waals surface area contributed by atoms with E-state index in [1.54, 1.807) is 4.57 Å². The van der Waals surface area contributed by atoms with Crippen molar-refractivity contribution in [2.75, 3.05) is 6.54 Å². The van der Waals surface area contributed by atoms with Crippen molar-refractivity contribution < 1.29 is 0 Å². The molecule has 2 rings (SSSR count). The summed E-state index contributed by atoms with van der Waals surface area (Å²) < 4.78 is 1.67. The second-order valence-corrected chi connectivity index (χ2v) is 5.89. The van der Waals surface area contributed by atoms with Crippen LogP contribution in [0.3, 0.4) is 0 Å². The fraction of sp³-hybridized carbons (Fsp3) is 0.429. The first kappa shape index (κ1) is 14.9. The minimum absolute atomic E-state index is 0.0985. The molecule has 5 nitrogen and oxygen atoms in total. The van der Waals surface area contributed by atoms with E-state index in [4.69, 9.17) is 5.73 Å². The Labute approximate surface area is 122 Å². The molecule has 0 saturated carbocycles. The molecular weight excluding hydrogens is 272 g/mol. The van der Waals surface area contributed by atoms with E-state index in [2.05, 4.69) is 41.4 Å². The average molecular weight is 292 g/mol. The maximum atomic E-state index is 11.7. The van der Waals surface area contributed by atoms with Crippen LogP contribution in [-0.4, -0.2) is 21.3 Å².